The lowest BCUT2D eigenvalue weighted by molar-refractivity contribution is -0.121. The van der Waals surface area contributed by atoms with Crippen LogP contribution in [0.4, 0.5) is 5.82 Å². The molecule has 2 N–H and O–H groups in total. The first-order valence-corrected chi connectivity index (χ1v) is 13.0. The number of nitrogens with zero attached hydrogens (tertiary/aromatic N) is 2. The lowest BCUT2D eigenvalue weighted by Crippen LogP contribution is -2.43. The second-order valence-corrected chi connectivity index (χ2v) is 10.4. The van der Waals surface area contributed by atoms with Crippen LogP contribution in [0.25, 0.3) is 0 Å². The maximum absolute atomic E-state index is 13.2. The van der Waals surface area contributed by atoms with E-state index in [0.717, 1.165) is 11.1 Å². The van der Waals surface area contributed by atoms with Crippen LogP contribution in [-0.2, 0) is 21.4 Å². The molecule has 0 aliphatic carbocycles. The molecule has 2 amide bonds. The monoisotopic (exact) mass is 492 g/mol. The Morgan fingerprint density at radius 2 is 1.86 bits per heavy atom. The number of amides is 2. The van der Waals surface area contributed by atoms with E-state index in [1.807, 2.05) is 43.3 Å². The van der Waals surface area contributed by atoms with Gasteiger partial charge in [0.25, 0.3) is 5.91 Å². The molecule has 1 saturated heterocycles. The van der Waals surface area contributed by atoms with Gasteiger partial charge in [-0.15, -0.1) is 0 Å². The number of rotatable bonds is 7. The number of carbonyl (C=O) groups is 2. The first-order valence-electron chi connectivity index (χ1n) is 11.5. The van der Waals surface area contributed by atoms with Gasteiger partial charge >= 0.3 is 0 Å². The topological polar surface area (TPSA) is 108 Å². The van der Waals surface area contributed by atoms with Crippen molar-refractivity contribution >= 4 is 27.7 Å². The quantitative estimate of drug-likeness (QED) is 0.526. The molecule has 9 heteroatoms. The molecule has 0 spiro atoms. The van der Waals surface area contributed by atoms with E-state index in [9.17, 15) is 18.0 Å². The van der Waals surface area contributed by atoms with E-state index >= 15 is 0 Å². The lowest BCUT2D eigenvalue weighted by Gasteiger charge is -2.32. The van der Waals surface area contributed by atoms with Crippen molar-refractivity contribution in [3.05, 3.63) is 89.6 Å². The molecule has 1 atom stereocenters. The molecule has 0 bridgehead atoms. The molecule has 1 unspecified atom stereocenters. The summed E-state index contributed by atoms with van der Waals surface area (Å²) in [6.07, 6.45) is 3.03. The fourth-order valence-corrected chi connectivity index (χ4v) is 5.05. The summed E-state index contributed by atoms with van der Waals surface area (Å²) in [6.45, 7) is 2.84. The second kappa shape index (κ2) is 10.8. The fourth-order valence-electron chi connectivity index (χ4n) is 3.98. The number of benzene rings is 2. The number of sulfonamides is 1. The maximum Gasteiger partial charge on any atom is 0.253 e. The Labute approximate surface area is 205 Å². The van der Waals surface area contributed by atoms with Crippen LogP contribution in [-0.4, -0.2) is 43.2 Å². The molecule has 0 saturated carbocycles. The van der Waals surface area contributed by atoms with Gasteiger partial charge in [-0.2, -0.15) is 0 Å². The highest BCUT2D eigenvalue weighted by Crippen LogP contribution is 2.21. The van der Waals surface area contributed by atoms with Crippen LogP contribution >= 0.6 is 0 Å². The van der Waals surface area contributed by atoms with Crippen molar-refractivity contribution in [1.82, 2.24) is 14.6 Å². The highest BCUT2D eigenvalue weighted by atomic mass is 32.2. The molecule has 2 aromatic carbocycles. The zero-order chi connectivity index (χ0) is 24.8. The number of hydrogen-bond donors (Lipinski definition) is 2. The molecule has 4 rings (SSSR count). The third-order valence-electron chi connectivity index (χ3n) is 5.94. The number of pyridine rings is 1. The van der Waals surface area contributed by atoms with Gasteiger partial charge < -0.3 is 10.2 Å². The summed E-state index contributed by atoms with van der Waals surface area (Å²) in [5, 5.41) is 2.82. The molecule has 1 aliphatic rings. The Hall–Kier alpha value is -3.56. The van der Waals surface area contributed by atoms with Gasteiger partial charge in [0.1, 0.15) is 5.82 Å². The maximum atomic E-state index is 13.2. The van der Waals surface area contributed by atoms with E-state index < -0.39 is 10.0 Å². The van der Waals surface area contributed by atoms with Gasteiger partial charge in [-0.25, -0.2) is 18.1 Å². The molecule has 35 heavy (non-hydrogen) atoms. The summed E-state index contributed by atoms with van der Waals surface area (Å²) in [4.78, 5) is 31.8. The molecule has 0 radical (unpaired) electrons. The predicted molar refractivity (Wildman–Crippen MR) is 133 cm³/mol. The number of likely N-dealkylation sites (tertiary alicyclic amines) is 1. The van der Waals surface area contributed by atoms with Crippen molar-refractivity contribution in [1.29, 1.82) is 0 Å². The SMILES string of the molecule is Cc1ccc(NC(=O)C2CCCN(C(=O)c3cccc(S(=O)(=O)NCc4ccccc4)c3)C2)nc1. The zero-order valence-corrected chi connectivity index (χ0v) is 20.3. The summed E-state index contributed by atoms with van der Waals surface area (Å²) in [6, 6.07) is 18.8. The summed E-state index contributed by atoms with van der Waals surface area (Å²) in [5.41, 5.74) is 2.10. The number of carbonyl (C=O) groups excluding carboxylic acids is 2. The molecule has 3 aromatic rings. The second-order valence-electron chi connectivity index (χ2n) is 8.64. The highest BCUT2D eigenvalue weighted by Gasteiger charge is 2.29. The molecule has 2 heterocycles. The Bertz CT molecular complexity index is 1290. The lowest BCUT2D eigenvalue weighted by atomic mass is 9.96. The van der Waals surface area contributed by atoms with Gasteiger partial charge in [-0.1, -0.05) is 42.5 Å². The minimum Gasteiger partial charge on any atom is -0.338 e. The number of nitrogens with one attached hydrogen (secondary N) is 2. The molecule has 1 aliphatic heterocycles. The largest absolute Gasteiger partial charge is 0.338 e. The van der Waals surface area contributed by atoms with Crippen molar-refractivity contribution in [3.63, 3.8) is 0 Å². The van der Waals surface area contributed by atoms with Crippen molar-refractivity contribution in [2.24, 2.45) is 5.92 Å². The van der Waals surface area contributed by atoms with Gasteiger partial charge in [0, 0.05) is 31.4 Å². The standard InChI is InChI=1S/C26H28N4O4S/c1-19-12-13-24(27-16-19)29-25(31)22-10-6-14-30(18-22)26(32)21-9-5-11-23(15-21)35(33,34)28-17-20-7-3-2-4-8-20/h2-5,7-9,11-13,15-16,22,28H,6,10,14,17-18H2,1H3,(H,27,29,31). The van der Waals surface area contributed by atoms with Crippen LogP contribution < -0.4 is 10.0 Å². The van der Waals surface area contributed by atoms with Crippen LogP contribution in [0.1, 0.15) is 34.3 Å². The third kappa shape index (κ3) is 6.32. The van der Waals surface area contributed by atoms with Gasteiger partial charge in [0.15, 0.2) is 0 Å². The minimum absolute atomic E-state index is 0.0241. The zero-order valence-electron chi connectivity index (χ0n) is 19.5. The number of aromatic nitrogens is 1. The average molecular weight is 493 g/mol. The summed E-state index contributed by atoms with van der Waals surface area (Å²) in [7, 11) is -3.80. The Morgan fingerprint density at radius 3 is 2.60 bits per heavy atom. The van der Waals surface area contributed by atoms with Crippen molar-refractivity contribution in [3.8, 4) is 0 Å². The van der Waals surface area contributed by atoms with Crippen LogP contribution in [0, 0.1) is 12.8 Å². The third-order valence-corrected chi connectivity index (χ3v) is 7.34. The summed E-state index contributed by atoms with van der Waals surface area (Å²) >= 11 is 0. The van der Waals surface area contributed by atoms with Gasteiger partial charge in [-0.3, -0.25) is 9.59 Å². The average Bonchev–Trinajstić information content (AvgIpc) is 2.89. The molecular weight excluding hydrogens is 464 g/mol. The highest BCUT2D eigenvalue weighted by molar-refractivity contribution is 7.89. The van der Waals surface area contributed by atoms with Crippen LogP contribution in [0.5, 0.6) is 0 Å². The molecular formula is C26H28N4O4S. The molecule has 1 aromatic heterocycles. The van der Waals surface area contributed by atoms with Gasteiger partial charge in [0.2, 0.25) is 15.9 Å². The fraction of sp³-hybridized carbons (Fsp3) is 0.269. The van der Waals surface area contributed by atoms with E-state index in [2.05, 4.69) is 15.0 Å². The van der Waals surface area contributed by atoms with Gasteiger partial charge in [0.05, 0.1) is 10.8 Å². The van der Waals surface area contributed by atoms with Crippen LogP contribution in [0.2, 0.25) is 0 Å². The van der Waals surface area contributed by atoms with E-state index in [1.165, 1.54) is 12.1 Å². The normalized spacial score (nSPS) is 16.0. The predicted octanol–water partition coefficient (Wildman–Crippen LogP) is 3.36. The summed E-state index contributed by atoms with van der Waals surface area (Å²) < 4.78 is 28.2. The van der Waals surface area contributed by atoms with Crippen molar-refractivity contribution < 1.29 is 18.0 Å². The first kappa shape index (κ1) is 24.6. The number of hydrogen-bond acceptors (Lipinski definition) is 5. The van der Waals surface area contributed by atoms with Gasteiger partial charge in [-0.05, 0) is 55.2 Å². The smallest absolute Gasteiger partial charge is 0.253 e. The first-order chi connectivity index (χ1) is 16.8. The van der Waals surface area contributed by atoms with E-state index in [0.29, 0.717) is 25.2 Å². The summed E-state index contributed by atoms with van der Waals surface area (Å²) in [5.74, 6) is -0.364. The van der Waals surface area contributed by atoms with Crippen molar-refractivity contribution in [2.45, 2.75) is 31.2 Å². The minimum atomic E-state index is -3.80. The van der Waals surface area contributed by atoms with Crippen LogP contribution in [0.3, 0.4) is 0 Å². The van der Waals surface area contributed by atoms with Crippen molar-refractivity contribution in [2.75, 3.05) is 18.4 Å². The molecule has 182 valence electrons. The number of piperidine rings is 1. The van der Waals surface area contributed by atoms with E-state index in [-0.39, 0.29) is 41.3 Å². The van der Waals surface area contributed by atoms with E-state index in [4.69, 9.17) is 0 Å². The molecule has 8 nitrogen and oxygen atoms in total. The number of anilines is 1. The van der Waals surface area contributed by atoms with E-state index in [1.54, 1.807) is 29.3 Å². The number of aryl methyl sites for hydroxylation is 1. The molecule has 1 fully saturated rings. The Kier molecular flexibility index (Phi) is 7.57. The van der Waals surface area contributed by atoms with Crippen LogP contribution in [0.15, 0.2) is 77.8 Å². The Morgan fingerprint density at radius 1 is 1.06 bits per heavy atom. The Balaban J connectivity index is 1.41.